The van der Waals surface area contributed by atoms with E-state index in [0.717, 1.165) is 11.1 Å². The Morgan fingerprint density at radius 3 is 2.60 bits per heavy atom. The predicted octanol–water partition coefficient (Wildman–Crippen LogP) is 4.73. The number of rotatable bonds is 4. The Morgan fingerprint density at radius 1 is 1.20 bits per heavy atom. The molecule has 0 aliphatic heterocycles. The molecular weight excluding hydrogens is 300 g/mol. The standard InChI is InChI=1S/C15H14Cl2FNO/c1-9(19)12-7-11(16)3-5-15(12)20-8-10-2-4-14(18)13(17)6-10/h2-7,9H,8,19H2,1H3. The van der Waals surface area contributed by atoms with Crippen molar-refractivity contribution in [2.75, 3.05) is 0 Å². The van der Waals surface area contributed by atoms with Gasteiger partial charge in [0, 0.05) is 16.6 Å². The molecule has 1 unspecified atom stereocenters. The maximum absolute atomic E-state index is 13.1. The van der Waals surface area contributed by atoms with Gasteiger partial charge in [0.05, 0.1) is 5.02 Å². The highest BCUT2D eigenvalue weighted by atomic mass is 35.5. The zero-order chi connectivity index (χ0) is 14.7. The van der Waals surface area contributed by atoms with Crippen LogP contribution in [0.4, 0.5) is 4.39 Å². The minimum Gasteiger partial charge on any atom is -0.489 e. The van der Waals surface area contributed by atoms with E-state index in [2.05, 4.69) is 0 Å². The smallest absolute Gasteiger partial charge is 0.141 e. The highest BCUT2D eigenvalue weighted by Gasteiger charge is 2.10. The molecule has 0 saturated heterocycles. The van der Waals surface area contributed by atoms with Crippen molar-refractivity contribution in [2.45, 2.75) is 19.6 Å². The van der Waals surface area contributed by atoms with E-state index >= 15 is 0 Å². The summed E-state index contributed by atoms with van der Waals surface area (Å²) in [4.78, 5) is 0. The highest BCUT2D eigenvalue weighted by Crippen LogP contribution is 2.28. The fraction of sp³-hybridized carbons (Fsp3) is 0.200. The van der Waals surface area contributed by atoms with Gasteiger partial charge in [-0.15, -0.1) is 0 Å². The van der Waals surface area contributed by atoms with Crippen molar-refractivity contribution in [1.29, 1.82) is 0 Å². The summed E-state index contributed by atoms with van der Waals surface area (Å²) in [5.74, 6) is 0.211. The molecule has 0 radical (unpaired) electrons. The molecule has 0 aromatic heterocycles. The molecule has 1 atom stereocenters. The molecule has 2 rings (SSSR count). The van der Waals surface area contributed by atoms with Crippen molar-refractivity contribution in [3.63, 3.8) is 0 Å². The topological polar surface area (TPSA) is 35.2 Å². The molecule has 106 valence electrons. The average Bonchev–Trinajstić information content (AvgIpc) is 2.41. The van der Waals surface area contributed by atoms with Crippen LogP contribution in [-0.2, 0) is 6.61 Å². The lowest BCUT2D eigenvalue weighted by molar-refractivity contribution is 0.301. The van der Waals surface area contributed by atoms with Gasteiger partial charge in [0.2, 0.25) is 0 Å². The van der Waals surface area contributed by atoms with Gasteiger partial charge in [0.15, 0.2) is 0 Å². The lowest BCUT2D eigenvalue weighted by atomic mass is 10.1. The van der Waals surface area contributed by atoms with Gasteiger partial charge in [-0.3, -0.25) is 0 Å². The minimum absolute atomic E-state index is 0.0784. The first-order chi connectivity index (χ1) is 9.47. The van der Waals surface area contributed by atoms with Crippen molar-refractivity contribution in [3.8, 4) is 5.75 Å². The van der Waals surface area contributed by atoms with Crippen LogP contribution in [0.5, 0.6) is 5.75 Å². The molecule has 0 aliphatic carbocycles. The second kappa shape index (κ2) is 6.44. The third-order valence-electron chi connectivity index (χ3n) is 2.84. The van der Waals surface area contributed by atoms with Gasteiger partial charge in [-0.05, 0) is 42.8 Å². The number of ether oxygens (including phenoxy) is 1. The molecule has 0 amide bonds. The fourth-order valence-corrected chi connectivity index (χ4v) is 2.18. The van der Waals surface area contributed by atoms with Crippen LogP contribution in [0.1, 0.15) is 24.1 Å². The van der Waals surface area contributed by atoms with Crippen LogP contribution in [0.2, 0.25) is 10.0 Å². The summed E-state index contributed by atoms with van der Waals surface area (Å²) in [6.07, 6.45) is 0. The summed E-state index contributed by atoms with van der Waals surface area (Å²) < 4.78 is 18.8. The Bertz CT molecular complexity index is 617. The van der Waals surface area contributed by atoms with Crippen molar-refractivity contribution >= 4 is 23.2 Å². The summed E-state index contributed by atoms with van der Waals surface area (Å²) >= 11 is 11.7. The van der Waals surface area contributed by atoms with Gasteiger partial charge in [0.25, 0.3) is 0 Å². The highest BCUT2D eigenvalue weighted by molar-refractivity contribution is 6.31. The Kier molecular flexibility index (Phi) is 4.86. The van der Waals surface area contributed by atoms with E-state index in [9.17, 15) is 4.39 Å². The molecule has 0 fully saturated rings. The Balaban J connectivity index is 2.16. The molecule has 20 heavy (non-hydrogen) atoms. The zero-order valence-corrected chi connectivity index (χ0v) is 12.4. The second-order valence-electron chi connectivity index (χ2n) is 4.51. The van der Waals surface area contributed by atoms with E-state index in [1.165, 1.54) is 6.07 Å². The SMILES string of the molecule is CC(N)c1cc(Cl)ccc1OCc1ccc(F)c(Cl)c1. The molecular formula is C15H14Cl2FNO. The molecule has 2 nitrogen and oxygen atoms in total. The second-order valence-corrected chi connectivity index (χ2v) is 5.35. The molecule has 0 aliphatic rings. The summed E-state index contributed by atoms with van der Waals surface area (Å²) in [6.45, 7) is 2.13. The van der Waals surface area contributed by atoms with E-state index in [1.807, 2.05) is 6.92 Å². The fourth-order valence-electron chi connectivity index (χ4n) is 1.80. The van der Waals surface area contributed by atoms with E-state index in [4.69, 9.17) is 33.7 Å². The van der Waals surface area contributed by atoms with Crippen LogP contribution in [-0.4, -0.2) is 0 Å². The third-order valence-corrected chi connectivity index (χ3v) is 3.37. The van der Waals surface area contributed by atoms with Crippen molar-refractivity contribution in [2.24, 2.45) is 5.73 Å². The summed E-state index contributed by atoms with van der Waals surface area (Å²) in [5.41, 5.74) is 7.49. The zero-order valence-electron chi connectivity index (χ0n) is 10.9. The lowest BCUT2D eigenvalue weighted by Crippen LogP contribution is -2.08. The Morgan fingerprint density at radius 2 is 1.95 bits per heavy atom. The van der Waals surface area contributed by atoms with Gasteiger partial charge >= 0.3 is 0 Å². The molecule has 0 heterocycles. The number of nitrogens with two attached hydrogens (primary N) is 1. The molecule has 2 aromatic rings. The number of benzene rings is 2. The molecule has 0 saturated carbocycles. The molecule has 2 N–H and O–H groups in total. The molecule has 0 bridgehead atoms. The first kappa shape index (κ1) is 15.1. The van der Waals surface area contributed by atoms with Gasteiger partial charge in [-0.1, -0.05) is 29.3 Å². The van der Waals surface area contributed by atoms with Gasteiger partial charge in [0.1, 0.15) is 18.2 Å². The number of halogens is 3. The van der Waals surface area contributed by atoms with E-state index < -0.39 is 5.82 Å². The van der Waals surface area contributed by atoms with Gasteiger partial charge in [-0.25, -0.2) is 4.39 Å². The first-order valence-corrected chi connectivity index (χ1v) is 6.84. The number of hydrogen-bond donors (Lipinski definition) is 1. The Hall–Kier alpha value is -1.29. The number of hydrogen-bond acceptors (Lipinski definition) is 2. The van der Waals surface area contributed by atoms with Gasteiger partial charge < -0.3 is 10.5 Å². The van der Waals surface area contributed by atoms with Crippen LogP contribution in [0.3, 0.4) is 0 Å². The normalized spacial score (nSPS) is 12.2. The van der Waals surface area contributed by atoms with Gasteiger partial charge in [-0.2, -0.15) is 0 Å². The average molecular weight is 314 g/mol. The summed E-state index contributed by atoms with van der Waals surface area (Å²) in [5, 5.41) is 0.684. The van der Waals surface area contributed by atoms with Crippen LogP contribution < -0.4 is 10.5 Å². The maximum Gasteiger partial charge on any atom is 0.141 e. The summed E-state index contributed by atoms with van der Waals surface area (Å²) in [6, 6.07) is 9.57. The Labute approximate surface area is 127 Å². The first-order valence-electron chi connectivity index (χ1n) is 6.09. The molecule has 0 spiro atoms. The third kappa shape index (κ3) is 3.63. The van der Waals surface area contributed by atoms with Crippen molar-refractivity contribution < 1.29 is 9.13 Å². The largest absolute Gasteiger partial charge is 0.489 e. The van der Waals surface area contributed by atoms with Crippen molar-refractivity contribution in [3.05, 3.63) is 63.4 Å². The predicted molar refractivity (Wildman–Crippen MR) is 79.8 cm³/mol. The van der Waals surface area contributed by atoms with Crippen LogP contribution in [0.25, 0.3) is 0 Å². The molecule has 5 heteroatoms. The quantitative estimate of drug-likeness (QED) is 0.885. The minimum atomic E-state index is -0.446. The van der Waals surface area contributed by atoms with Crippen LogP contribution in [0.15, 0.2) is 36.4 Å². The molecule has 2 aromatic carbocycles. The van der Waals surface area contributed by atoms with Crippen LogP contribution >= 0.6 is 23.2 Å². The maximum atomic E-state index is 13.1. The summed E-state index contributed by atoms with van der Waals surface area (Å²) in [7, 11) is 0. The lowest BCUT2D eigenvalue weighted by Gasteiger charge is -2.14. The van der Waals surface area contributed by atoms with E-state index in [-0.39, 0.29) is 17.7 Å². The monoisotopic (exact) mass is 313 g/mol. The van der Waals surface area contributed by atoms with Crippen molar-refractivity contribution in [1.82, 2.24) is 0 Å². The van der Waals surface area contributed by atoms with E-state index in [1.54, 1.807) is 30.3 Å². The van der Waals surface area contributed by atoms with E-state index in [0.29, 0.717) is 10.8 Å². The van der Waals surface area contributed by atoms with Crippen LogP contribution in [0, 0.1) is 5.82 Å².